The van der Waals surface area contributed by atoms with E-state index in [-0.39, 0.29) is 44.2 Å². The molecule has 2 aromatic carbocycles. The molecule has 11 heteroatoms. The predicted molar refractivity (Wildman–Crippen MR) is 100 cm³/mol. The minimum atomic E-state index is -4.11. The molecule has 0 saturated carbocycles. The minimum absolute atomic E-state index is 0.0171. The van der Waals surface area contributed by atoms with Crippen molar-refractivity contribution in [3.05, 3.63) is 59.4 Å². The summed E-state index contributed by atoms with van der Waals surface area (Å²) in [5, 5.41) is 2.57. The predicted octanol–water partition coefficient (Wildman–Crippen LogP) is 2.38. The van der Waals surface area contributed by atoms with Crippen LogP contribution in [0.1, 0.15) is 15.9 Å². The van der Waals surface area contributed by atoms with Gasteiger partial charge >= 0.3 is 6.61 Å². The molecule has 1 fully saturated rings. The Morgan fingerprint density at radius 3 is 2.43 bits per heavy atom. The Labute approximate surface area is 171 Å². The maximum absolute atomic E-state index is 14.2. The largest absolute Gasteiger partial charge is 0.435 e. The second-order valence-electron chi connectivity index (χ2n) is 6.37. The molecule has 1 aliphatic heterocycles. The molecule has 1 N–H and O–H groups in total. The molecule has 0 atom stereocenters. The molecule has 2 aromatic rings. The van der Waals surface area contributed by atoms with Gasteiger partial charge in [0.2, 0.25) is 10.0 Å². The molecule has 1 amide bonds. The summed E-state index contributed by atoms with van der Waals surface area (Å²) in [6, 6.07) is 8.77. The number of morpholine rings is 1. The average Bonchev–Trinajstić information content (AvgIpc) is 2.73. The standard InChI is InChI=1S/C19H19F3N2O5S/c20-16-6-3-14(11-17(16)30(26,27)24-7-9-28-10-8-24)18(25)23-12-13-1-4-15(5-2-13)29-19(21)22/h1-6,11,19H,7-10,12H2,(H,23,25). The van der Waals surface area contributed by atoms with Crippen LogP contribution in [0.2, 0.25) is 0 Å². The first-order chi connectivity index (χ1) is 14.3. The molecule has 0 unspecified atom stereocenters. The smallest absolute Gasteiger partial charge is 0.387 e. The van der Waals surface area contributed by atoms with Crippen LogP contribution in [0.4, 0.5) is 13.2 Å². The lowest BCUT2D eigenvalue weighted by molar-refractivity contribution is -0.0498. The fraction of sp³-hybridized carbons (Fsp3) is 0.316. The lowest BCUT2D eigenvalue weighted by atomic mass is 10.2. The van der Waals surface area contributed by atoms with Crippen LogP contribution in [0.15, 0.2) is 47.4 Å². The number of hydrogen-bond donors (Lipinski definition) is 1. The van der Waals surface area contributed by atoms with E-state index in [2.05, 4.69) is 10.1 Å². The van der Waals surface area contributed by atoms with Gasteiger partial charge in [0.25, 0.3) is 5.91 Å². The van der Waals surface area contributed by atoms with Gasteiger partial charge in [0, 0.05) is 25.2 Å². The molecule has 162 valence electrons. The Morgan fingerprint density at radius 1 is 1.13 bits per heavy atom. The van der Waals surface area contributed by atoms with Crippen LogP contribution in [-0.2, 0) is 21.3 Å². The summed E-state index contributed by atoms with van der Waals surface area (Å²) in [6.45, 7) is -2.26. The van der Waals surface area contributed by atoms with Gasteiger partial charge in [-0.25, -0.2) is 12.8 Å². The number of carbonyl (C=O) groups is 1. The molecule has 0 spiro atoms. The molecule has 30 heavy (non-hydrogen) atoms. The van der Waals surface area contributed by atoms with E-state index in [0.29, 0.717) is 5.56 Å². The third-order valence-electron chi connectivity index (χ3n) is 4.38. The highest BCUT2D eigenvalue weighted by atomic mass is 32.2. The number of benzene rings is 2. The van der Waals surface area contributed by atoms with Gasteiger partial charge in [-0.15, -0.1) is 0 Å². The third-order valence-corrected chi connectivity index (χ3v) is 6.30. The summed E-state index contributed by atoms with van der Waals surface area (Å²) in [6.07, 6.45) is 0. The summed E-state index contributed by atoms with van der Waals surface area (Å²) in [4.78, 5) is 11.8. The molecule has 7 nitrogen and oxygen atoms in total. The normalized spacial score (nSPS) is 15.2. The minimum Gasteiger partial charge on any atom is -0.435 e. The molecule has 0 aliphatic carbocycles. The number of carbonyl (C=O) groups excluding carboxylic acids is 1. The lowest BCUT2D eigenvalue weighted by Gasteiger charge is -2.26. The van der Waals surface area contributed by atoms with Crippen molar-refractivity contribution in [3.8, 4) is 5.75 Å². The number of halogens is 3. The van der Waals surface area contributed by atoms with Gasteiger partial charge < -0.3 is 14.8 Å². The van der Waals surface area contributed by atoms with Crippen molar-refractivity contribution in [1.82, 2.24) is 9.62 Å². The maximum atomic E-state index is 14.2. The van der Waals surface area contributed by atoms with Gasteiger partial charge in [-0.1, -0.05) is 12.1 Å². The van der Waals surface area contributed by atoms with Gasteiger partial charge in [0.1, 0.15) is 16.5 Å². The van der Waals surface area contributed by atoms with E-state index in [1.807, 2.05) is 0 Å². The van der Waals surface area contributed by atoms with Crippen molar-refractivity contribution >= 4 is 15.9 Å². The topological polar surface area (TPSA) is 84.9 Å². The van der Waals surface area contributed by atoms with E-state index in [1.54, 1.807) is 0 Å². The summed E-state index contributed by atoms with van der Waals surface area (Å²) in [7, 11) is -4.11. The summed E-state index contributed by atoms with van der Waals surface area (Å²) < 4.78 is 74.4. The summed E-state index contributed by atoms with van der Waals surface area (Å²) in [5.41, 5.74) is 0.578. The molecule has 0 radical (unpaired) electrons. The third kappa shape index (κ3) is 5.29. The lowest BCUT2D eigenvalue weighted by Crippen LogP contribution is -2.41. The Balaban J connectivity index is 1.70. The Kier molecular flexibility index (Phi) is 6.95. The van der Waals surface area contributed by atoms with Gasteiger partial charge in [0.15, 0.2) is 0 Å². The Hall–Kier alpha value is -2.63. The number of nitrogens with one attached hydrogen (secondary N) is 1. The zero-order valence-corrected chi connectivity index (χ0v) is 16.5. The first kappa shape index (κ1) is 22.1. The number of sulfonamides is 1. The van der Waals surface area contributed by atoms with Crippen LogP contribution < -0.4 is 10.1 Å². The van der Waals surface area contributed by atoms with E-state index in [9.17, 15) is 26.4 Å². The highest BCUT2D eigenvalue weighted by molar-refractivity contribution is 7.89. The molecule has 0 bridgehead atoms. The first-order valence-electron chi connectivity index (χ1n) is 8.97. The number of rotatable bonds is 7. The van der Waals surface area contributed by atoms with Crippen molar-refractivity contribution in [2.24, 2.45) is 0 Å². The number of amides is 1. The average molecular weight is 444 g/mol. The highest BCUT2D eigenvalue weighted by Gasteiger charge is 2.29. The summed E-state index contributed by atoms with van der Waals surface area (Å²) in [5.74, 6) is -1.58. The van der Waals surface area contributed by atoms with Gasteiger partial charge in [-0.3, -0.25) is 4.79 Å². The van der Waals surface area contributed by atoms with Crippen molar-refractivity contribution < 1.29 is 35.9 Å². The highest BCUT2D eigenvalue weighted by Crippen LogP contribution is 2.22. The van der Waals surface area contributed by atoms with Crippen molar-refractivity contribution in [1.29, 1.82) is 0 Å². The first-order valence-corrected chi connectivity index (χ1v) is 10.4. The molecule has 1 heterocycles. The molecular weight excluding hydrogens is 425 g/mol. The number of hydrogen-bond acceptors (Lipinski definition) is 5. The second kappa shape index (κ2) is 9.45. The van der Waals surface area contributed by atoms with Crippen molar-refractivity contribution in [2.45, 2.75) is 18.1 Å². The zero-order chi connectivity index (χ0) is 21.7. The molecule has 1 saturated heterocycles. The Bertz CT molecular complexity index is 994. The second-order valence-corrected chi connectivity index (χ2v) is 8.27. The zero-order valence-electron chi connectivity index (χ0n) is 15.7. The molecule has 1 aliphatic rings. The van der Waals surface area contributed by atoms with E-state index >= 15 is 0 Å². The quantitative estimate of drug-likeness (QED) is 0.709. The molecular formula is C19H19F3N2O5S. The van der Waals surface area contributed by atoms with E-state index in [0.717, 1.165) is 16.4 Å². The summed E-state index contributed by atoms with van der Waals surface area (Å²) >= 11 is 0. The monoisotopic (exact) mass is 444 g/mol. The van der Waals surface area contributed by atoms with Crippen LogP contribution >= 0.6 is 0 Å². The fourth-order valence-electron chi connectivity index (χ4n) is 2.84. The number of ether oxygens (including phenoxy) is 2. The van der Waals surface area contributed by atoms with Crippen LogP contribution in [0.5, 0.6) is 5.75 Å². The van der Waals surface area contributed by atoms with E-state index < -0.39 is 33.3 Å². The van der Waals surface area contributed by atoms with Gasteiger partial charge in [-0.05, 0) is 35.9 Å². The maximum Gasteiger partial charge on any atom is 0.387 e. The number of nitrogens with zero attached hydrogens (tertiary/aromatic N) is 1. The van der Waals surface area contributed by atoms with Crippen LogP contribution in [-0.4, -0.2) is 51.5 Å². The fourth-order valence-corrected chi connectivity index (χ4v) is 4.34. The van der Waals surface area contributed by atoms with Crippen molar-refractivity contribution in [2.75, 3.05) is 26.3 Å². The van der Waals surface area contributed by atoms with Crippen LogP contribution in [0.25, 0.3) is 0 Å². The van der Waals surface area contributed by atoms with Crippen molar-refractivity contribution in [3.63, 3.8) is 0 Å². The van der Waals surface area contributed by atoms with Crippen LogP contribution in [0, 0.1) is 5.82 Å². The van der Waals surface area contributed by atoms with E-state index in [4.69, 9.17) is 4.74 Å². The van der Waals surface area contributed by atoms with E-state index in [1.165, 1.54) is 30.3 Å². The molecule has 0 aromatic heterocycles. The SMILES string of the molecule is O=C(NCc1ccc(OC(F)F)cc1)c1ccc(F)c(S(=O)(=O)N2CCOCC2)c1. The Morgan fingerprint density at radius 2 is 1.80 bits per heavy atom. The number of alkyl halides is 2. The van der Waals surface area contributed by atoms with Gasteiger partial charge in [-0.2, -0.15) is 13.1 Å². The van der Waals surface area contributed by atoms with Crippen LogP contribution in [0.3, 0.4) is 0 Å². The van der Waals surface area contributed by atoms with Gasteiger partial charge in [0.05, 0.1) is 13.2 Å². The molecule has 3 rings (SSSR count).